The molecular weight excluding hydrogens is 192 g/mol. The molecular formula is C11H14N2O2. The van der Waals surface area contributed by atoms with Crippen molar-refractivity contribution in [2.75, 3.05) is 19.0 Å². The van der Waals surface area contributed by atoms with Crippen molar-refractivity contribution in [2.24, 2.45) is 5.73 Å². The van der Waals surface area contributed by atoms with Gasteiger partial charge in [-0.2, -0.15) is 0 Å². The highest BCUT2D eigenvalue weighted by Crippen LogP contribution is 2.13. The van der Waals surface area contributed by atoms with Gasteiger partial charge in [-0.25, -0.2) is 4.79 Å². The number of rotatable bonds is 3. The number of benzene rings is 1. The van der Waals surface area contributed by atoms with Crippen LogP contribution in [0.2, 0.25) is 0 Å². The molecule has 0 spiro atoms. The predicted octanol–water partition coefficient (Wildman–Crippen LogP) is 1.14. The fourth-order valence-electron chi connectivity index (χ4n) is 1.11. The van der Waals surface area contributed by atoms with E-state index in [-0.39, 0.29) is 5.70 Å². The van der Waals surface area contributed by atoms with Crippen LogP contribution in [0.1, 0.15) is 5.56 Å². The summed E-state index contributed by atoms with van der Waals surface area (Å²) in [5.41, 5.74) is 6.97. The number of carboxylic acids is 1. The first-order valence-corrected chi connectivity index (χ1v) is 4.48. The maximum Gasteiger partial charge on any atom is 0.351 e. The second kappa shape index (κ2) is 4.50. The fourth-order valence-corrected chi connectivity index (χ4v) is 1.11. The molecule has 0 aliphatic carbocycles. The van der Waals surface area contributed by atoms with Crippen LogP contribution in [0.3, 0.4) is 0 Å². The summed E-state index contributed by atoms with van der Waals surface area (Å²) in [6, 6.07) is 7.46. The Morgan fingerprint density at radius 1 is 1.33 bits per heavy atom. The number of carbonyl (C=O) groups is 1. The molecule has 4 nitrogen and oxygen atoms in total. The Bertz CT molecular complexity index is 380. The standard InChI is InChI=1S/C11H14N2O2/c1-13(2)9-5-3-8(4-6-9)7-10(12)11(14)15/h3-7H,12H2,1-2H3,(H,14,15)/b10-7-. The third kappa shape index (κ3) is 3.02. The molecule has 1 rings (SSSR count). The van der Waals surface area contributed by atoms with E-state index in [0.717, 1.165) is 11.3 Å². The summed E-state index contributed by atoms with van der Waals surface area (Å²) >= 11 is 0. The van der Waals surface area contributed by atoms with Crippen molar-refractivity contribution < 1.29 is 9.90 Å². The monoisotopic (exact) mass is 206 g/mol. The van der Waals surface area contributed by atoms with Gasteiger partial charge in [-0.1, -0.05) is 12.1 Å². The van der Waals surface area contributed by atoms with Crippen molar-refractivity contribution in [3.05, 3.63) is 35.5 Å². The Hall–Kier alpha value is -1.97. The lowest BCUT2D eigenvalue weighted by atomic mass is 10.1. The van der Waals surface area contributed by atoms with Gasteiger partial charge < -0.3 is 15.7 Å². The Labute approximate surface area is 88.6 Å². The van der Waals surface area contributed by atoms with Gasteiger partial charge in [0.2, 0.25) is 0 Å². The molecule has 0 heterocycles. The van der Waals surface area contributed by atoms with Gasteiger partial charge in [-0.15, -0.1) is 0 Å². The van der Waals surface area contributed by atoms with E-state index in [1.54, 1.807) is 0 Å². The minimum atomic E-state index is -1.10. The van der Waals surface area contributed by atoms with Crippen molar-refractivity contribution in [1.82, 2.24) is 0 Å². The van der Waals surface area contributed by atoms with E-state index >= 15 is 0 Å². The number of nitrogens with two attached hydrogens (primary N) is 1. The second-order valence-electron chi connectivity index (χ2n) is 3.39. The third-order valence-electron chi connectivity index (χ3n) is 1.98. The molecule has 15 heavy (non-hydrogen) atoms. The van der Waals surface area contributed by atoms with E-state index in [4.69, 9.17) is 10.8 Å². The lowest BCUT2D eigenvalue weighted by molar-refractivity contribution is -0.132. The van der Waals surface area contributed by atoms with Gasteiger partial charge in [0.25, 0.3) is 0 Å². The maximum atomic E-state index is 10.5. The lowest BCUT2D eigenvalue weighted by Gasteiger charge is -2.11. The number of nitrogens with zero attached hydrogens (tertiary/aromatic N) is 1. The number of hydrogen-bond acceptors (Lipinski definition) is 3. The Morgan fingerprint density at radius 2 is 1.87 bits per heavy atom. The van der Waals surface area contributed by atoms with Crippen LogP contribution in [0, 0.1) is 0 Å². The van der Waals surface area contributed by atoms with Crippen LogP contribution in [0.4, 0.5) is 5.69 Å². The van der Waals surface area contributed by atoms with Crippen LogP contribution in [0.15, 0.2) is 30.0 Å². The molecule has 1 aromatic rings. The summed E-state index contributed by atoms with van der Waals surface area (Å²) in [6.07, 6.45) is 1.43. The molecule has 3 N–H and O–H groups in total. The van der Waals surface area contributed by atoms with Crippen LogP contribution >= 0.6 is 0 Å². The van der Waals surface area contributed by atoms with Gasteiger partial charge in [-0.05, 0) is 23.8 Å². The quantitative estimate of drug-likeness (QED) is 0.728. The zero-order chi connectivity index (χ0) is 11.4. The van der Waals surface area contributed by atoms with E-state index in [1.807, 2.05) is 43.3 Å². The van der Waals surface area contributed by atoms with Crippen molar-refractivity contribution in [2.45, 2.75) is 0 Å². The summed E-state index contributed by atoms with van der Waals surface area (Å²) < 4.78 is 0. The Kier molecular flexibility index (Phi) is 3.33. The van der Waals surface area contributed by atoms with Gasteiger partial charge >= 0.3 is 5.97 Å². The molecule has 0 radical (unpaired) electrons. The van der Waals surface area contributed by atoms with E-state index in [2.05, 4.69) is 0 Å². The molecule has 80 valence electrons. The molecule has 4 heteroatoms. The van der Waals surface area contributed by atoms with Gasteiger partial charge in [0.1, 0.15) is 5.70 Å². The summed E-state index contributed by atoms with van der Waals surface area (Å²) in [7, 11) is 3.88. The van der Waals surface area contributed by atoms with Crippen LogP contribution in [0.25, 0.3) is 6.08 Å². The van der Waals surface area contributed by atoms with E-state index < -0.39 is 5.97 Å². The highest BCUT2D eigenvalue weighted by Gasteiger charge is 2.00. The molecule has 0 fully saturated rings. The SMILES string of the molecule is CN(C)c1ccc(/C=C(\N)C(=O)O)cc1. The third-order valence-corrected chi connectivity index (χ3v) is 1.98. The molecule has 0 aliphatic rings. The van der Waals surface area contributed by atoms with Gasteiger partial charge in [0.05, 0.1) is 0 Å². The van der Waals surface area contributed by atoms with Gasteiger partial charge in [0, 0.05) is 19.8 Å². The van der Waals surface area contributed by atoms with E-state index in [1.165, 1.54) is 6.08 Å². The van der Waals surface area contributed by atoms with E-state index in [0.29, 0.717) is 0 Å². The fraction of sp³-hybridized carbons (Fsp3) is 0.182. The van der Waals surface area contributed by atoms with Crippen molar-refractivity contribution in [3.63, 3.8) is 0 Å². The van der Waals surface area contributed by atoms with Gasteiger partial charge in [-0.3, -0.25) is 0 Å². The number of hydrogen-bond donors (Lipinski definition) is 2. The molecule has 0 amide bonds. The topological polar surface area (TPSA) is 66.6 Å². The molecule has 0 unspecified atom stereocenters. The normalized spacial score (nSPS) is 11.2. The average Bonchev–Trinajstić information content (AvgIpc) is 2.18. The minimum Gasteiger partial charge on any atom is -0.477 e. The molecule has 0 aromatic heterocycles. The summed E-state index contributed by atoms with van der Waals surface area (Å²) in [4.78, 5) is 12.4. The first-order valence-electron chi connectivity index (χ1n) is 4.48. The number of carboxylic acid groups (broad SMARTS) is 1. The Morgan fingerprint density at radius 3 is 2.27 bits per heavy atom. The molecule has 0 aliphatic heterocycles. The van der Waals surface area contributed by atoms with Crippen LogP contribution in [0.5, 0.6) is 0 Å². The minimum absolute atomic E-state index is 0.160. The molecule has 0 bridgehead atoms. The van der Waals surface area contributed by atoms with Crippen molar-refractivity contribution in [1.29, 1.82) is 0 Å². The smallest absolute Gasteiger partial charge is 0.351 e. The zero-order valence-electron chi connectivity index (χ0n) is 8.77. The first-order chi connectivity index (χ1) is 7.00. The maximum absolute atomic E-state index is 10.5. The summed E-state index contributed by atoms with van der Waals surface area (Å²) in [6.45, 7) is 0. The van der Waals surface area contributed by atoms with Gasteiger partial charge in [0.15, 0.2) is 0 Å². The van der Waals surface area contributed by atoms with Crippen molar-refractivity contribution in [3.8, 4) is 0 Å². The predicted molar refractivity (Wildman–Crippen MR) is 60.6 cm³/mol. The molecule has 0 saturated heterocycles. The van der Waals surface area contributed by atoms with E-state index in [9.17, 15) is 4.79 Å². The molecule has 0 atom stereocenters. The molecule has 1 aromatic carbocycles. The lowest BCUT2D eigenvalue weighted by Crippen LogP contribution is -2.09. The Balaban J connectivity index is 2.90. The first kappa shape index (κ1) is 11.1. The van der Waals surface area contributed by atoms with Crippen LogP contribution in [-0.2, 0) is 4.79 Å². The zero-order valence-corrected chi connectivity index (χ0v) is 8.77. The second-order valence-corrected chi connectivity index (χ2v) is 3.39. The summed E-state index contributed by atoms with van der Waals surface area (Å²) in [5, 5.41) is 8.58. The largest absolute Gasteiger partial charge is 0.477 e. The molecule has 0 saturated carbocycles. The average molecular weight is 206 g/mol. The van der Waals surface area contributed by atoms with Crippen LogP contribution in [-0.4, -0.2) is 25.2 Å². The highest BCUT2D eigenvalue weighted by atomic mass is 16.4. The highest BCUT2D eigenvalue weighted by molar-refractivity contribution is 5.91. The van der Waals surface area contributed by atoms with Crippen LogP contribution < -0.4 is 10.6 Å². The van der Waals surface area contributed by atoms with Crippen molar-refractivity contribution >= 4 is 17.7 Å². The number of anilines is 1. The number of aliphatic carboxylic acids is 1. The summed E-state index contributed by atoms with van der Waals surface area (Å²) in [5.74, 6) is -1.10.